The van der Waals surface area contributed by atoms with E-state index in [1.807, 2.05) is 13.8 Å². The van der Waals surface area contributed by atoms with Crippen LogP contribution in [-0.2, 0) is 10.3 Å². The van der Waals surface area contributed by atoms with Gasteiger partial charge in [-0.3, -0.25) is 0 Å². The van der Waals surface area contributed by atoms with Gasteiger partial charge in [0, 0.05) is 5.92 Å². The Kier molecular flexibility index (Phi) is 2.91. The maximum atomic E-state index is 11.6. The normalized spacial score (nSPS) is 21.9. The van der Waals surface area contributed by atoms with Gasteiger partial charge in [-0.05, 0) is 35.1 Å². The van der Waals surface area contributed by atoms with Gasteiger partial charge in [0.05, 0.1) is 0 Å². The molecule has 2 rings (SSSR count). The lowest BCUT2D eigenvalue weighted by Crippen LogP contribution is -2.42. The van der Waals surface area contributed by atoms with Crippen LogP contribution in [0.2, 0.25) is 0 Å². The Morgan fingerprint density at radius 2 is 2.06 bits per heavy atom. The molecule has 0 spiro atoms. The number of tetrazole rings is 1. The maximum Gasteiger partial charge on any atom is 0.331 e. The SMILES string of the molecule is CCC(CC)(C(=O)O)n1nnnc1C1CC1(C)C. The summed E-state index contributed by atoms with van der Waals surface area (Å²) in [5.41, 5.74) is -0.838. The smallest absolute Gasteiger partial charge is 0.331 e. The van der Waals surface area contributed by atoms with E-state index in [1.54, 1.807) is 0 Å². The van der Waals surface area contributed by atoms with Crippen LogP contribution >= 0.6 is 0 Å². The first-order valence-electron chi connectivity index (χ1n) is 6.41. The van der Waals surface area contributed by atoms with E-state index in [9.17, 15) is 9.90 Å². The van der Waals surface area contributed by atoms with Crippen molar-refractivity contribution in [2.24, 2.45) is 5.41 Å². The predicted molar refractivity (Wildman–Crippen MR) is 65.1 cm³/mol. The average Bonchev–Trinajstić information content (AvgIpc) is 2.76. The van der Waals surface area contributed by atoms with Crippen molar-refractivity contribution in [1.82, 2.24) is 20.2 Å². The van der Waals surface area contributed by atoms with Crippen molar-refractivity contribution in [2.45, 2.75) is 58.4 Å². The van der Waals surface area contributed by atoms with Crippen LogP contribution in [0.5, 0.6) is 0 Å². The van der Waals surface area contributed by atoms with E-state index in [1.165, 1.54) is 4.68 Å². The summed E-state index contributed by atoms with van der Waals surface area (Å²) in [6.45, 7) is 8.02. The molecule has 1 atom stereocenters. The Morgan fingerprint density at radius 1 is 1.50 bits per heavy atom. The molecular formula is C12H20N4O2. The van der Waals surface area contributed by atoms with Crippen molar-refractivity contribution in [2.75, 3.05) is 0 Å². The van der Waals surface area contributed by atoms with E-state index < -0.39 is 11.5 Å². The lowest BCUT2D eigenvalue weighted by atomic mass is 9.92. The summed E-state index contributed by atoms with van der Waals surface area (Å²) in [6.07, 6.45) is 1.96. The fourth-order valence-corrected chi connectivity index (χ4v) is 2.57. The van der Waals surface area contributed by atoms with Gasteiger partial charge >= 0.3 is 5.97 Å². The lowest BCUT2D eigenvalue weighted by Gasteiger charge is -2.27. The second-order valence-corrected chi connectivity index (χ2v) is 5.74. The van der Waals surface area contributed by atoms with Crippen LogP contribution in [0.1, 0.15) is 58.7 Å². The molecule has 6 nitrogen and oxygen atoms in total. The number of rotatable bonds is 5. The second-order valence-electron chi connectivity index (χ2n) is 5.74. The molecule has 1 unspecified atom stereocenters. The molecule has 1 aromatic rings. The molecule has 0 aromatic carbocycles. The van der Waals surface area contributed by atoms with E-state index in [0.29, 0.717) is 18.7 Å². The first-order chi connectivity index (χ1) is 8.39. The van der Waals surface area contributed by atoms with Gasteiger partial charge in [0.2, 0.25) is 0 Å². The summed E-state index contributed by atoms with van der Waals surface area (Å²) in [4.78, 5) is 11.6. The van der Waals surface area contributed by atoms with Crippen molar-refractivity contribution >= 4 is 5.97 Å². The van der Waals surface area contributed by atoms with Gasteiger partial charge in [-0.15, -0.1) is 5.10 Å². The Hall–Kier alpha value is -1.46. The van der Waals surface area contributed by atoms with Crippen LogP contribution in [0.25, 0.3) is 0 Å². The number of aromatic nitrogens is 4. The number of hydrogen-bond acceptors (Lipinski definition) is 4. The number of aliphatic carboxylic acids is 1. The molecule has 1 heterocycles. The van der Waals surface area contributed by atoms with E-state index in [-0.39, 0.29) is 11.3 Å². The van der Waals surface area contributed by atoms with Crippen molar-refractivity contribution in [3.8, 4) is 0 Å². The zero-order chi connectivity index (χ0) is 13.6. The topological polar surface area (TPSA) is 80.9 Å². The Morgan fingerprint density at radius 3 is 2.44 bits per heavy atom. The van der Waals surface area contributed by atoms with Crippen molar-refractivity contribution in [1.29, 1.82) is 0 Å². The molecule has 1 fully saturated rings. The average molecular weight is 252 g/mol. The van der Waals surface area contributed by atoms with Crippen molar-refractivity contribution < 1.29 is 9.90 Å². The van der Waals surface area contributed by atoms with Gasteiger partial charge in [-0.25, -0.2) is 9.48 Å². The highest BCUT2D eigenvalue weighted by atomic mass is 16.4. The highest BCUT2D eigenvalue weighted by Gasteiger charge is 2.52. The van der Waals surface area contributed by atoms with Crippen LogP contribution in [0.4, 0.5) is 0 Å². The molecular weight excluding hydrogens is 232 g/mol. The molecule has 1 saturated carbocycles. The molecule has 1 aromatic heterocycles. The molecule has 1 aliphatic rings. The molecule has 6 heteroatoms. The van der Waals surface area contributed by atoms with Crippen LogP contribution in [0, 0.1) is 5.41 Å². The Labute approximate surface area is 106 Å². The van der Waals surface area contributed by atoms with Crippen molar-refractivity contribution in [3.05, 3.63) is 5.82 Å². The molecule has 0 radical (unpaired) electrons. The summed E-state index contributed by atoms with van der Waals surface area (Å²) in [6, 6.07) is 0. The van der Waals surface area contributed by atoms with Crippen LogP contribution < -0.4 is 0 Å². The highest BCUT2D eigenvalue weighted by molar-refractivity contribution is 5.76. The molecule has 1 N–H and O–H groups in total. The van der Waals surface area contributed by atoms with Gasteiger partial charge in [-0.1, -0.05) is 27.7 Å². The van der Waals surface area contributed by atoms with Gasteiger partial charge < -0.3 is 5.11 Å². The summed E-state index contributed by atoms with van der Waals surface area (Å²) in [5, 5.41) is 21.2. The zero-order valence-corrected chi connectivity index (χ0v) is 11.3. The number of carboxylic acids is 1. The predicted octanol–water partition coefficient (Wildman–Crippen LogP) is 1.79. The standard InChI is InChI=1S/C12H20N4O2/c1-5-12(6-2,10(17)18)16-9(13-14-15-16)8-7-11(8,3)4/h8H,5-7H2,1-4H3,(H,17,18). The van der Waals surface area contributed by atoms with E-state index in [0.717, 1.165) is 6.42 Å². The van der Waals surface area contributed by atoms with Gasteiger partial charge in [0.1, 0.15) is 0 Å². The highest BCUT2D eigenvalue weighted by Crippen LogP contribution is 2.58. The largest absolute Gasteiger partial charge is 0.479 e. The Bertz CT molecular complexity index is 462. The fourth-order valence-electron chi connectivity index (χ4n) is 2.57. The zero-order valence-electron chi connectivity index (χ0n) is 11.3. The summed E-state index contributed by atoms with van der Waals surface area (Å²) in [5.74, 6) is 0.120. The molecule has 1 aliphatic carbocycles. The van der Waals surface area contributed by atoms with Gasteiger partial charge in [-0.2, -0.15) is 0 Å². The monoisotopic (exact) mass is 252 g/mol. The summed E-state index contributed by atoms with van der Waals surface area (Å²) < 4.78 is 1.54. The number of hydrogen-bond donors (Lipinski definition) is 1. The number of carboxylic acid groups (broad SMARTS) is 1. The molecule has 18 heavy (non-hydrogen) atoms. The molecule has 100 valence electrons. The lowest BCUT2D eigenvalue weighted by molar-refractivity contribution is -0.148. The number of nitrogens with zero attached hydrogens (tertiary/aromatic N) is 4. The van der Waals surface area contributed by atoms with E-state index in [2.05, 4.69) is 29.4 Å². The Balaban J connectivity index is 2.45. The van der Waals surface area contributed by atoms with Crippen LogP contribution in [0.15, 0.2) is 0 Å². The van der Waals surface area contributed by atoms with Crippen LogP contribution in [-0.4, -0.2) is 31.3 Å². The minimum atomic E-state index is -1.02. The summed E-state index contributed by atoms with van der Waals surface area (Å²) >= 11 is 0. The maximum absolute atomic E-state index is 11.6. The van der Waals surface area contributed by atoms with Gasteiger partial charge in [0.25, 0.3) is 0 Å². The van der Waals surface area contributed by atoms with E-state index in [4.69, 9.17) is 0 Å². The molecule has 0 bridgehead atoms. The van der Waals surface area contributed by atoms with Crippen molar-refractivity contribution in [3.63, 3.8) is 0 Å². The summed E-state index contributed by atoms with van der Waals surface area (Å²) in [7, 11) is 0. The molecule has 0 saturated heterocycles. The third-order valence-corrected chi connectivity index (χ3v) is 4.29. The minimum absolute atomic E-state index is 0.179. The van der Waals surface area contributed by atoms with Crippen LogP contribution in [0.3, 0.4) is 0 Å². The number of carbonyl (C=O) groups is 1. The first-order valence-corrected chi connectivity index (χ1v) is 6.41. The van der Waals surface area contributed by atoms with Gasteiger partial charge in [0.15, 0.2) is 11.4 Å². The third kappa shape index (κ3) is 1.71. The fraction of sp³-hybridized carbons (Fsp3) is 0.833. The second kappa shape index (κ2) is 4.03. The van der Waals surface area contributed by atoms with E-state index >= 15 is 0 Å². The minimum Gasteiger partial charge on any atom is -0.479 e. The quantitative estimate of drug-likeness (QED) is 0.864. The molecule has 0 aliphatic heterocycles. The third-order valence-electron chi connectivity index (χ3n) is 4.29. The first kappa shape index (κ1) is 13.0. The molecule has 0 amide bonds.